The fourth-order valence-corrected chi connectivity index (χ4v) is 3.51. The van der Waals surface area contributed by atoms with Crippen LogP contribution in [-0.4, -0.2) is 27.1 Å². The second-order valence-corrected chi connectivity index (χ2v) is 6.74. The lowest BCUT2D eigenvalue weighted by atomic mass is 10.1. The first kappa shape index (κ1) is 16.6. The normalized spacial score (nSPS) is 10.8. The fourth-order valence-electron chi connectivity index (χ4n) is 2.58. The van der Waals surface area contributed by atoms with E-state index in [-0.39, 0.29) is 0 Å². The van der Waals surface area contributed by atoms with Gasteiger partial charge in [0.2, 0.25) is 0 Å². The van der Waals surface area contributed by atoms with Gasteiger partial charge in [0.25, 0.3) is 0 Å². The van der Waals surface area contributed by atoms with Crippen LogP contribution in [0.3, 0.4) is 0 Å². The van der Waals surface area contributed by atoms with Crippen molar-refractivity contribution >= 4 is 28.8 Å². The molecule has 0 spiro atoms. The molecule has 26 heavy (non-hydrogen) atoms. The molecule has 2 N–H and O–H groups in total. The highest BCUT2D eigenvalue weighted by atomic mass is 35.5. The summed E-state index contributed by atoms with van der Waals surface area (Å²) >= 11 is 7.39. The van der Waals surface area contributed by atoms with Crippen molar-refractivity contribution in [2.24, 2.45) is 0 Å². The summed E-state index contributed by atoms with van der Waals surface area (Å²) in [4.78, 5) is 4.66. The molecule has 0 aliphatic rings. The summed E-state index contributed by atoms with van der Waals surface area (Å²) in [5.41, 5.74) is 9.31. The molecule has 4 rings (SSSR count). The van der Waals surface area contributed by atoms with E-state index in [1.807, 2.05) is 41.8 Å². The Labute approximate surface area is 158 Å². The Balaban J connectivity index is 1.72. The molecular weight excluding hydrogens is 370 g/mol. The lowest BCUT2D eigenvalue weighted by Gasteiger charge is -2.04. The van der Waals surface area contributed by atoms with Gasteiger partial charge in [-0.15, -0.1) is 16.4 Å². The highest BCUT2D eigenvalue weighted by Crippen LogP contribution is 2.35. The molecule has 2 heterocycles. The van der Waals surface area contributed by atoms with Crippen LogP contribution in [0.1, 0.15) is 0 Å². The third-order valence-corrected chi connectivity index (χ3v) is 4.97. The van der Waals surface area contributed by atoms with Crippen molar-refractivity contribution in [1.82, 2.24) is 20.0 Å². The Bertz CT molecular complexity index is 1060. The maximum atomic E-state index is 6.26. The SMILES string of the molecule is COc1ccccc1-c1csc(-c2nnn(-c3ccc(Cl)cc3)c2N)n1. The number of aromatic nitrogens is 4. The van der Waals surface area contributed by atoms with Crippen molar-refractivity contribution in [3.8, 4) is 33.4 Å². The van der Waals surface area contributed by atoms with Crippen molar-refractivity contribution in [1.29, 1.82) is 0 Å². The number of methoxy groups -OCH3 is 1. The average molecular weight is 384 g/mol. The van der Waals surface area contributed by atoms with Gasteiger partial charge in [-0.25, -0.2) is 4.98 Å². The summed E-state index contributed by atoms with van der Waals surface area (Å²) in [6, 6.07) is 15.0. The number of hydrogen-bond donors (Lipinski definition) is 1. The van der Waals surface area contributed by atoms with Gasteiger partial charge in [-0.2, -0.15) is 4.68 Å². The molecule has 0 atom stereocenters. The minimum atomic E-state index is 0.424. The Morgan fingerprint density at radius 2 is 1.88 bits per heavy atom. The third-order valence-electron chi connectivity index (χ3n) is 3.87. The molecule has 6 nitrogen and oxygen atoms in total. The standard InChI is InChI=1S/C18H14ClN5OS/c1-25-15-5-3-2-4-13(15)14-10-26-18(21-14)16-17(20)24(23-22-16)12-8-6-11(19)7-9-12/h2-10H,20H2,1H3. The van der Waals surface area contributed by atoms with Crippen LogP contribution >= 0.6 is 22.9 Å². The van der Waals surface area contributed by atoms with Gasteiger partial charge in [-0.3, -0.25) is 0 Å². The van der Waals surface area contributed by atoms with Crippen molar-refractivity contribution < 1.29 is 4.74 Å². The number of para-hydroxylation sites is 1. The van der Waals surface area contributed by atoms with Crippen molar-refractivity contribution in [3.63, 3.8) is 0 Å². The van der Waals surface area contributed by atoms with Gasteiger partial charge in [0.1, 0.15) is 10.8 Å². The van der Waals surface area contributed by atoms with Gasteiger partial charge >= 0.3 is 0 Å². The van der Waals surface area contributed by atoms with Crippen LogP contribution in [0.25, 0.3) is 27.6 Å². The number of ether oxygens (including phenoxy) is 1. The minimum absolute atomic E-state index is 0.424. The zero-order valence-electron chi connectivity index (χ0n) is 13.8. The summed E-state index contributed by atoms with van der Waals surface area (Å²) in [6.07, 6.45) is 0. The molecule has 2 aromatic heterocycles. The predicted molar refractivity (Wildman–Crippen MR) is 104 cm³/mol. The number of rotatable bonds is 4. The monoisotopic (exact) mass is 383 g/mol. The van der Waals surface area contributed by atoms with E-state index in [4.69, 9.17) is 22.1 Å². The van der Waals surface area contributed by atoms with Crippen LogP contribution in [0.4, 0.5) is 5.82 Å². The smallest absolute Gasteiger partial charge is 0.165 e. The Hall–Kier alpha value is -2.90. The number of anilines is 1. The molecule has 0 saturated heterocycles. The highest BCUT2D eigenvalue weighted by Gasteiger charge is 2.18. The summed E-state index contributed by atoms with van der Waals surface area (Å²) in [5, 5.41) is 11.7. The molecule has 0 amide bonds. The summed E-state index contributed by atoms with van der Waals surface area (Å²) in [7, 11) is 1.64. The summed E-state index contributed by atoms with van der Waals surface area (Å²) in [5.74, 6) is 1.19. The highest BCUT2D eigenvalue weighted by molar-refractivity contribution is 7.13. The van der Waals surface area contributed by atoms with Crippen molar-refractivity contribution in [3.05, 3.63) is 58.9 Å². The molecule has 2 aromatic carbocycles. The van der Waals surface area contributed by atoms with Crippen LogP contribution in [0.2, 0.25) is 5.02 Å². The average Bonchev–Trinajstić information content (AvgIpc) is 3.29. The van der Waals surface area contributed by atoms with E-state index in [1.165, 1.54) is 11.3 Å². The molecule has 130 valence electrons. The van der Waals surface area contributed by atoms with E-state index in [1.54, 1.807) is 23.9 Å². The van der Waals surface area contributed by atoms with E-state index < -0.39 is 0 Å². The molecule has 8 heteroatoms. The predicted octanol–water partition coefficient (Wildman–Crippen LogP) is 4.30. The minimum Gasteiger partial charge on any atom is -0.496 e. The van der Waals surface area contributed by atoms with Gasteiger partial charge in [0.05, 0.1) is 18.5 Å². The van der Waals surface area contributed by atoms with Crippen molar-refractivity contribution in [2.75, 3.05) is 12.8 Å². The van der Waals surface area contributed by atoms with E-state index >= 15 is 0 Å². The fraction of sp³-hybridized carbons (Fsp3) is 0.0556. The molecule has 4 aromatic rings. The largest absolute Gasteiger partial charge is 0.496 e. The summed E-state index contributed by atoms with van der Waals surface area (Å²) in [6.45, 7) is 0. The van der Waals surface area contributed by atoms with Gasteiger partial charge in [-0.05, 0) is 36.4 Å². The molecule has 0 unspecified atom stereocenters. The van der Waals surface area contributed by atoms with Crippen LogP contribution in [-0.2, 0) is 0 Å². The zero-order chi connectivity index (χ0) is 18.1. The Morgan fingerprint density at radius 1 is 1.12 bits per heavy atom. The van der Waals surface area contributed by atoms with E-state index in [0.29, 0.717) is 21.5 Å². The summed E-state index contributed by atoms with van der Waals surface area (Å²) < 4.78 is 6.97. The Morgan fingerprint density at radius 3 is 2.65 bits per heavy atom. The lowest BCUT2D eigenvalue weighted by molar-refractivity contribution is 0.416. The molecule has 0 radical (unpaired) electrons. The lowest BCUT2D eigenvalue weighted by Crippen LogP contribution is -2.02. The first-order valence-corrected chi connectivity index (χ1v) is 8.99. The van der Waals surface area contributed by atoms with Gasteiger partial charge in [0.15, 0.2) is 11.5 Å². The molecule has 0 aliphatic carbocycles. The Kier molecular flexibility index (Phi) is 4.32. The maximum Gasteiger partial charge on any atom is 0.165 e. The third kappa shape index (κ3) is 2.91. The van der Waals surface area contributed by atoms with Gasteiger partial charge in [-0.1, -0.05) is 28.9 Å². The van der Waals surface area contributed by atoms with Gasteiger partial charge in [0, 0.05) is 16.0 Å². The zero-order valence-corrected chi connectivity index (χ0v) is 15.3. The molecule has 0 saturated carbocycles. The first-order chi connectivity index (χ1) is 12.7. The molecule has 0 bridgehead atoms. The number of hydrogen-bond acceptors (Lipinski definition) is 6. The number of nitrogen functional groups attached to an aromatic ring is 1. The number of halogens is 1. The molecule has 0 fully saturated rings. The van der Waals surface area contributed by atoms with E-state index in [2.05, 4.69) is 15.3 Å². The van der Waals surface area contributed by atoms with Crippen LogP contribution < -0.4 is 10.5 Å². The van der Waals surface area contributed by atoms with Crippen LogP contribution in [0.5, 0.6) is 5.75 Å². The first-order valence-electron chi connectivity index (χ1n) is 7.74. The van der Waals surface area contributed by atoms with Crippen LogP contribution in [0, 0.1) is 0 Å². The number of nitrogens with zero attached hydrogens (tertiary/aromatic N) is 4. The van der Waals surface area contributed by atoms with E-state index in [0.717, 1.165) is 22.7 Å². The maximum absolute atomic E-state index is 6.26. The van der Waals surface area contributed by atoms with Crippen molar-refractivity contribution in [2.45, 2.75) is 0 Å². The molecular formula is C18H14ClN5OS. The number of thiazole rings is 1. The second kappa shape index (κ2) is 6.78. The second-order valence-electron chi connectivity index (χ2n) is 5.45. The van der Waals surface area contributed by atoms with E-state index in [9.17, 15) is 0 Å². The van der Waals surface area contributed by atoms with Gasteiger partial charge < -0.3 is 10.5 Å². The topological polar surface area (TPSA) is 78.9 Å². The molecule has 0 aliphatic heterocycles. The quantitative estimate of drug-likeness (QED) is 0.568. The number of benzene rings is 2. The van der Waals surface area contributed by atoms with Crippen LogP contribution in [0.15, 0.2) is 53.9 Å². The number of nitrogens with two attached hydrogens (primary N) is 1.